The van der Waals surface area contributed by atoms with E-state index in [1.165, 1.54) is 31.8 Å². The topological polar surface area (TPSA) is 112 Å². The number of H-pyrrole nitrogens is 1. The van der Waals surface area contributed by atoms with Gasteiger partial charge in [-0.3, -0.25) is 23.7 Å². The Kier molecular flexibility index (Phi) is 2.49. The van der Waals surface area contributed by atoms with E-state index >= 15 is 0 Å². The van der Waals surface area contributed by atoms with Crippen LogP contribution in [0.3, 0.4) is 0 Å². The average molecular weight is 289 g/mol. The molecular weight excluding hydrogens is 278 g/mol. The van der Waals surface area contributed by atoms with E-state index in [1.54, 1.807) is 0 Å². The summed E-state index contributed by atoms with van der Waals surface area (Å²) in [6.07, 6.45) is 0. The summed E-state index contributed by atoms with van der Waals surface area (Å²) in [5.41, 5.74) is -2.02. The predicted molar refractivity (Wildman–Crippen MR) is 74.7 cm³/mol. The van der Waals surface area contributed by atoms with Gasteiger partial charge in [-0.25, -0.2) is 9.59 Å². The van der Waals surface area contributed by atoms with Crippen molar-refractivity contribution in [2.24, 2.45) is 21.1 Å². The number of hydrogen-bond donors (Lipinski definition) is 1. The number of nitrogens with one attached hydrogen (secondary N) is 1. The first kappa shape index (κ1) is 13.0. The third-order valence-corrected chi connectivity index (χ3v) is 3.53. The predicted octanol–water partition coefficient (Wildman–Crippen LogP) is -1.88. The first-order chi connectivity index (χ1) is 9.82. The van der Waals surface area contributed by atoms with Gasteiger partial charge >= 0.3 is 11.4 Å². The molecule has 0 atom stereocenters. The van der Waals surface area contributed by atoms with Crippen LogP contribution in [0.2, 0.25) is 0 Å². The van der Waals surface area contributed by atoms with Gasteiger partial charge in [-0.05, 0) is 6.07 Å². The van der Waals surface area contributed by atoms with E-state index in [9.17, 15) is 19.2 Å². The van der Waals surface area contributed by atoms with Gasteiger partial charge in [-0.1, -0.05) is 0 Å². The number of aromatic amines is 1. The van der Waals surface area contributed by atoms with Crippen LogP contribution in [0.5, 0.6) is 0 Å². The molecule has 2 aliphatic heterocycles. The molecule has 0 aliphatic carbocycles. The molecule has 0 saturated heterocycles. The van der Waals surface area contributed by atoms with E-state index in [2.05, 4.69) is 9.97 Å². The molecule has 3 heterocycles. The molecule has 0 spiro atoms. The summed E-state index contributed by atoms with van der Waals surface area (Å²) in [5, 5.41) is 0.171. The number of fused-ring (bicyclic) bond motifs is 2. The normalized spacial score (nSPS) is 11.4. The first-order valence-electron chi connectivity index (χ1n) is 6.02. The summed E-state index contributed by atoms with van der Waals surface area (Å²) in [5.74, 6) is 0.111. The van der Waals surface area contributed by atoms with Crippen LogP contribution in [0.4, 0.5) is 0 Å². The van der Waals surface area contributed by atoms with E-state index in [-0.39, 0.29) is 22.4 Å². The van der Waals surface area contributed by atoms with Gasteiger partial charge in [0.1, 0.15) is 5.65 Å². The van der Waals surface area contributed by atoms with Crippen molar-refractivity contribution in [3.8, 4) is 11.4 Å². The highest BCUT2D eigenvalue weighted by Crippen LogP contribution is 2.17. The van der Waals surface area contributed by atoms with E-state index < -0.39 is 22.5 Å². The molecule has 2 aliphatic rings. The number of aryl methyl sites for hydroxylation is 1. The Bertz CT molecular complexity index is 1090. The third kappa shape index (κ3) is 1.60. The molecule has 9 heteroatoms. The summed E-state index contributed by atoms with van der Waals surface area (Å²) in [6.45, 7) is 0. The molecule has 0 radical (unpaired) electrons. The molecule has 1 aromatic rings. The Morgan fingerprint density at radius 2 is 1.62 bits per heavy atom. The number of hydrogen-bond acceptors (Lipinski definition) is 5. The monoisotopic (exact) mass is 289 g/mol. The van der Waals surface area contributed by atoms with Gasteiger partial charge in [-0.15, -0.1) is 0 Å². The van der Waals surface area contributed by atoms with Gasteiger partial charge in [0.2, 0.25) is 0 Å². The van der Waals surface area contributed by atoms with E-state index in [0.29, 0.717) is 0 Å². The summed E-state index contributed by atoms with van der Waals surface area (Å²) >= 11 is 0. The zero-order valence-corrected chi connectivity index (χ0v) is 11.5. The minimum absolute atomic E-state index is 0.111. The number of pyridine rings is 1. The molecule has 0 bridgehead atoms. The minimum Gasteiger partial charge on any atom is -0.314 e. The maximum Gasteiger partial charge on any atom is 0.352 e. The van der Waals surface area contributed by atoms with Crippen LogP contribution < -0.4 is 22.5 Å². The second-order valence-electron chi connectivity index (χ2n) is 4.76. The van der Waals surface area contributed by atoms with Crippen molar-refractivity contribution in [1.29, 1.82) is 0 Å². The second-order valence-corrected chi connectivity index (χ2v) is 4.76. The molecule has 9 nitrogen and oxygen atoms in total. The SMILES string of the molecule is Cn1c(=O)nc2n(C)c3[nH]c(=O)n(C)c(=O)c3cc-2c1=O. The van der Waals surface area contributed by atoms with Crippen LogP contribution in [0.15, 0.2) is 25.2 Å². The first-order valence-corrected chi connectivity index (χ1v) is 6.02. The molecule has 3 rings (SSSR count). The Morgan fingerprint density at radius 3 is 2.29 bits per heavy atom. The van der Waals surface area contributed by atoms with Crippen LogP contribution in [-0.2, 0) is 21.1 Å². The highest BCUT2D eigenvalue weighted by molar-refractivity contribution is 5.81. The molecule has 0 aromatic carbocycles. The van der Waals surface area contributed by atoms with Crippen molar-refractivity contribution in [2.75, 3.05) is 0 Å². The highest BCUT2D eigenvalue weighted by atomic mass is 16.2. The third-order valence-electron chi connectivity index (χ3n) is 3.53. The smallest absolute Gasteiger partial charge is 0.314 e. The molecule has 1 aromatic heterocycles. The fraction of sp³-hybridized carbons (Fsp3) is 0.250. The van der Waals surface area contributed by atoms with E-state index in [1.807, 2.05) is 0 Å². The van der Waals surface area contributed by atoms with Gasteiger partial charge in [0.05, 0.1) is 10.9 Å². The molecule has 108 valence electrons. The maximum absolute atomic E-state index is 12.1. The van der Waals surface area contributed by atoms with Gasteiger partial charge in [0.25, 0.3) is 11.1 Å². The van der Waals surface area contributed by atoms with E-state index in [4.69, 9.17) is 0 Å². The van der Waals surface area contributed by atoms with Crippen LogP contribution in [0.25, 0.3) is 22.4 Å². The molecule has 1 N–H and O–H groups in total. The lowest BCUT2D eigenvalue weighted by Gasteiger charge is -2.13. The van der Waals surface area contributed by atoms with Crippen molar-refractivity contribution in [3.63, 3.8) is 0 Å². The second kappa shape index (κ2) is 4.01. The summed E-state index contributed by atoms with van der Waals surface area (Å²) < 4.78 is 3.13. The average Bonchev–Trinajstić information content (AvgIpc) is 2.45. The van der Waals surface area contributed by atoms with Crippen molar-refractivity contribution >= 4 is 11.0 Å². The number of nitrogens with zero attached hydrogens (tertiary/aromatic N) is 4. The molecule has 0 amide bonds. The standard InChI is InChI=1S/C12H11N5O4/c1-15-7-5(9(18)16(2)11(20)13-7)4-6-8(15)14-12(21)17(3)10(6)19/h4H,1-3H3,(H,13,20). The lowest BCUT2D eigenvalue weighted by molar-refractivity contribution is 0.745. The maximum atomic E-state index is 12.1. The van der Waals surface area contributed by atoms with Gasteiger partial charge < -0.3 is 4.57 Å². The summed E-state index contributed by atoms with van der Waals surface area (Å²) in [7, 11) is 4.17. The largest absolute Gasteiger partial charge is 0.352 e. The fourth-order valence-corrected chi connectivity index (χ4v) is 2.24. The minimum atomic E-state index is -0.700. The molecule has 0 fully saturated rings. The Balaban J connectivity index is 2.74. The van der Waals surface area contributed by atoms with Crippen LogP contribution in [0, 0.1) is 0 Å². The molecule has 21 heavy (non-hydrogen) atoms. The molecule has 0 saturated carbocycles. The summed E-state index contributed by atoms with van der Waals surface area (Å²) in [6, 6.07) is 1.34. The Morgan fingerprint density at radius 1 is 0.952 bits per heavy atom. The van der Waals surface area contributed by atoms with Crippen molar-refractivity contribution in [2.45, 2.75) is 0 Å². The Labute approximate surface area is 116 Å². The van der Waals surface area contributed by atoms with Crippen LogP contribution in [0.1, 0.15) is 0 Å². The van der Waals surface area contributed by atoms with Gasteiger partial charge in [0, 0.05) is 21.1 Å². The van der Waals surface area contributed by atoms with Crippen LogP contribution in [-0.4, -0.2) is 23.7 Å². The van der Waals surface area contributed by atoms with Crippen molar-refractivity contribution in [1.82, 2.24) is 23.7 Å². The quantitative estimate of drug-likeness (QED) is 0.487. The zero-order chi connectivity index (χ0) is 15.5. The molecule has 0 unspecified atom stereocenters. The number of rotatable bonds is 0. The summed E-state index contributed by atoms with van der Waals surface area (Å²) in [4.78, 5) is 53.9. The van der Waals surface area contributed by atoms with Crippen LogP contribution >= 0.6 is 0 Å². The zero-order valence-electron chi connectivity index (χ0n) is 11.5. The van der Waals surface area contributed by atoms with Gasteiger partial charge in [-0.2, -0.15) is 4.98 Å². The lowest BCUT2D eigenvalue weighted by Crippen LogP contribution is -2.37. The van der Waals surface area contributed by atoms with Gasteiger partial charge in [0.15, 0.2) is 5.82 Å². The molecular formula is C12H11N5O4. The Hall–Kier alpha value is -2.97. The highest BCUT2D eigenvalue weighted by Gasteiger charge is 2.19. The number of aromatic nitrogens is 5. The van der Waals surface area contributed by atoms with Crippen molar-refractivity contribution in [3.05, 3.63) is 47.7 Å². The van der Waals surface area contributed by atoms with E-state index in [0.717, 1.165) is 9.13 Å². The lowest BCUT2D eigenvalue weighted by atomic mass is 10.2. The fourth-order valence-electron chi connectivity index (χ4n) is 2.24. The van der Waals surface area contributed by atoms with Crippen molar-refractivity contribution < 1.29 is 0 Å².